The van der Waals surface area contributed by atoms with Gasteiger partial charge in [0.2, 0.25) is 5.91 Å². The summed E-state index contributed by atoms with van der Waals surface area (Å²) in [5, 5.41) is 2.81. The summed E-state index contributed by atoms with van der Waals surface area (Å²) >= 11 is 0. The molecule has 0 atom stereocenters. The van der Waals surface area contributed by atoms with Crippen molar-refractivity contribution < 1.29 is 23.0 Å². The van der Waals surface area contributed by atoms with Crippen LogP contribution in [0.2, 0.25) is 0 Å². The first kappa shape index (κ1) is 21.4. The zero-order valence-corrected chi connectivity index (χ0v) is 16.1. The fourth-order valence-corrected chi connectivity index (χ4v) is 2.67. The van der Waals surface area contributed by atoms with Crippen molar-refractivity contribution in [2.45, 2.75) is 19.7 Å². The number of rotatable bonds is 9. The van der Waals surface area contributed by atoms with Gasteiger partial charge in [-0.15, -0.1) is 0 Å². The van der Waals surface area contributed by atoms with Crippen molar-refractivity contribution in [3.05, 3.63) is 65.2 Å². The Labute approximate surface area is 163 Å². The second-order valence-electron chi connectivity index (χ2n) is 6.31. The molecule has 28 heavy (non-hydrogen) atoms. The number of carbonyl (C=O) groups is 1. The number of hydrogen-bond acceptors (Lipinski definition) is 4. The predicted molar refractivity (Wildman–Crippen MR) is 104 cm³/mol. The molecule has 1 amide bonds. The van der Waals surface area contributed by atoms with E-state index in [1.807, 2.05) is 43.3 Å². The van der Waals surface area contributed by atoms with E-state index in [-0.39, 0.29) is 17.4 Å². The van der Waals surface area contributed by atoms with Gasteiger partial charge < -0.3 is 19.7 Å². The first-order valence-electron chi connectivity index (χ1n) is 8.70. The van der Waals surface area contributed by atoms with Crippen LogP contribution in [0.5, 0.6) is 11.5 Å². The summed E-state index contributed by atoms with van der Waals surface area (Å²) in [6.07, 6.45) is 2.70. The van der Waals surface area contributed by atoms with Gasteiger partial charge in [0.25, 0.3) is 0 Å². The van der Waals surface area contributed by atoms with E-state index in [0.717, 1.165) is 17.7 Å². The Bertz CT molecular complexity index is 823. The van der Waals surface area contributed by atoms with Crippen molar-refractivity contribution in [1.82, 2.24) is 10.2 Å². The van der Waals surface area contributed by atoms with Crippen LogP contribution in [-0.4, -0.2) is 38.6 Å². The predicted octanol–water partition coefficient (Wildman–Crippen LogP) is 3.69. The summed E-state index contributed by atoms with van der Waals surface area (Å²) in [5.41, 5.74) is 2.46. The normalized spacial score (nSPS) is 11.2. The lowest BCUT2D eigenvalue weighted by Crippen LogP contribution is -2.22. The van der Waals surface area contributed by atoms with Crippen LogP contribution in [0.25, 0.3) is 6.08 Å². The van der Waals surface area contributed by atoms with Gasteiger partial charge in [-0.2, -0.15) is 8.78 Å². The lowest BCUT2D eigenvalue weighted by molar-refractivity contribution is -0.116. The second kappa shape index (κ2) is 10.4. The zero-order chi connectivity index (χ0) is 20.5. The van der Waals surface area contributed by atoms with Crippen molar-refractivity contribution in [3.8, 4) is 11.5 Å². The summed E-state index contributed by atoms with van der Waals surface area (Å²) in [5.74, 6) is -0.286. The molecule has 0 fully saturated rings. The molecule has 0 saturated carbocycles. The fourth-order valence-electron chi connectivity index (χ4n) is 2.67. The number of methoxy groups -OCH3 is 1. The highest BCUT2D eigenvalue weighted by molar-refractivity contribution is 5.92. The first-order chi connectivity index (χ1) is 13.4. The largest absolute Gasteiger partial charge is 0.493 e. The van der Waals surface area contributed by atoms with E-state index in [0.29, 0.717) is 12.1 Å². The molecular formula is C21H24F2N2O3. The number of ether oxygens (including phenoxy) is 2. The Hall–Kier alpha value is -2.93. The summed E-state index contributed by atoms with van der Waals surface area (Å²) in [7, 11) is 5.32. The minimum Gasteiger partial charge on any atom is -0.493 e. The van der Waals surface area contributed by atoms with E-state index in [1.54, 1.807) is 12.1 Å². The van der Waals surface area contributed by atoms with Crippen LogP contribution in [0, 0.1) is 0 Å². The topological polar surface area (TPSA) is 50.8 Å². The van der Waals surface area contributed by atoms with Crippen LogP contribution in [0.1, 0.15) is 16.7 Å². The SMILES string of the molecule is COc1cccc(/C=C/C(=O)NCc2ccccc2CN(C)C)c1OC(F)F. The highest BCUT2D eigenvalue weighted by Crippen LogP contribution is 2.33. The van der Waals surface area contributed by atoms with Crippen LogP contribution in [-0.2, 0) is 17.9 Å². The van der Waals surface area contributed by atoms with Crippen molar-refractivity contribution in [2.24, 2.45) is 0 Å². The molecule has 0 aromatic heterocycles. The van der Waals surface area contributed by atoms with Gasteiger partial charge in [-0.1, -0.05) is 36.4 Å². The Kier molecular flexibility index (Phi) is 7.95. The molecule has 5 nitrogen and oxygen atoms in total. The molecule has 0 aliphatic heterocycles. The number of alkyl halides is 2. The second-order valence-corrected chi connectivity index (χ2v) is 6.31. The van der Waals surface area contributed by atoms with Crippen LogP contribution in [0.4, 0.5) is 8.78 Å². The van der Waals surface area contributed by atoms with Crippen LogP contribution >= 0.6 is 0 Å². The van der Waals surface area contributed by atoms with Crippen LogP contribution in [0.15, 0.2) is 48.5 Å². The molecule has 0 unspecified atom stereocenters. The number of hydrogen-bond donors (Lipinski definition) is 1. The molecule has 2 rings (SSSR count). The molecule has 0 heterocycles. The fraction of sp³-hybridized carbons (Fsp3) is 0.286. The number of benzene rings is 2. The molecule has 0 radical (unpaired) electrons. The average Bonchev–Trinajstić information content (AvgIpc) is 2.65. The maximum Gasteiger partial charge on any atom is 0.387 e. The Morgan fingerprint density at radius 3 is 2.50 bits per heavy atom. The number of amides is 1. The standard InChI is InChI=1S/C21H24F2N2O3/c1-25(2)14-17-8-5-4-7-16(17)13-24-19(26)12-11-15-9-6-10-18(27-3)20(15)28-21(22)23/h4-12,21H,13-14H2,1-3H3,(H,24,26)/b12-11+. The molecule has 0 saturated heterocycles. The maximum atomic E-state index is 12.7. The van der Waals surface area contributed by atoms with Crippen molar-refractivity contribution in [1.29, 1.82) is 0 Å². The summed E-state index contributed by atoms with van der Waals surface area (Å²) in [4.78, 5) is 14.2. The number of nitrogens with zero attached hydrogens (tertiary/aromatic N) is 1. The smallest absolute Gasteiger partial charge is 0.387 e. The van der Waals surface area contributed by atoms with Crippen LogP contribution in [0.3, 0.4) is 0 Å². The average molecular weight is 390 g/mol. The first-order valence-corrected chi connectivity index (χ1v) is 8.70. The van der Waals surface area contributed by atoms with Crippen molar-refractivity contribution in [3.63, 3.8) is 0 Å². The molecule has 0 bridgehead atoms. The molecule has 150 valence electrons. The number of nitrogens with one attached hydrogen (secondary N) is 1. The monoisotopic (exact) mass is 390 g/mol. The number of halogens is 2. The van der Waals surface area contributed by atoms with Gasteiger partial charge in [-0.25, -0.2) is 0 Å². The van der Waals surface area contributed by atoms with Gasteiger partial charge in [0.1, 0.15) is 0 Å². The number of para-hydroxylation sites is 1. The third-order valence-corrected chi connectivity index (χ3v) is 3.91. The van der Waals surface area contributed by atoms with E-state index in [1.165, 1.54) is 25.3 Å². The quantitative estimate of drug-likeness (QED) is 0.664. The van der Waals surface area contributed by atoms with Gasteiger partial charge in [0.05, 0.1) is 7.11 Å². The molecule has 0 spiro atoms. The maximum absolute atomic E-state index is 12.7. The number of carbonyl (C=O) groups excluding carboxylic acids is 1. The summed E-state index contributed by atoms with van der Waals surface area (Å²) in [6, 6.07) is 12.6. The van der Waals surface area contributed by atoms with E-state index in [2.05, 4.69) is 10.1 Å². The third-order valence-electron chi connectivity index (χ3n) is 3.91. The molecular weight excluding hydrogens is 366 g/mol. The molecule has 7 heteroatoms. The van der Waals surface area contributed by atoms with Gasteiger partial charge in [-0.3, -0.25) is 4.79 Å². The Morgan fingerprint density at radius 2 is 1.86 bits per heavy atom. The lowest BCUT2D eigenvalue weighted by Gasteiger charge is -2.14. The highest BCUT2D eigenvalue weighted by atomic mass is 19.3. The van der Waals surface area contributed by atoms with Gasteiger partial charge in [-0.05, 0) is 37.4 Å². The van der Waals surface area contributed by atoms with E-state index in [4.69, 9.17) is 4.74 Å². The van der Waals surface area contributed by atoms with E-state index < -0.39 is 6.61 Å². The van der Waals surface area contributed by atoms with E-state index in [9.17, 15) is 13.6 Å². The minimum atomic E-state index is -2.99. The lowest BCUT2D eigenvalue weighted by atomic mass is 10.1. The van der Waals surface area contributed by atoms with Gasteiger partial charge in [0, 0.05) is 24.7 Å². The van der Waals surface area contributed by atoms with Gasteiger partial charge >= 0.3 is 6.61 Å². The third kappa shape index (κ3) is 6.35. The zero-order valence-electron chi connectivity index (χ0n) is 16.1. The Morgan fingerprint density at radius 1 is 1.14 bits per heavy atom. The molecule has 0 aliphatic rings. The van der Waals surface area contributed by atoms with Crippen LogP contribution < -0.4 is 14.8 Å². The van der Waals surface area contributed by atoms with Crippen molar-refractivity contribution >= 4 is 12.0 Å². The van der Waals surface area contributed by atoms with Crippen molar-refractivity contribution in [2.75, 3.05) is 21.2 Å². The summed E-state index contributed by atoms with van der Waals surface area (Å²) in [6.45, 7) is -1.86. The summed E-state index contributed by atoms with van der Waals surface area (Å²) < 4.78 is 34.9. The van der Waals surface area contributed by atoms with Gasteiger partial charge in [0.15, 0.2) is 11.5 Å². The minimum absolute atomic E-state index is 0.111. The van der Waals surface area contributed by atoms with E-state index >= 15 is 0 Å². The highest BCUT2D eigenvalue weighted by Gasteiger charge is 2.14. The molecule has 0 aliphatic carbocycles. The Balaban J connectivity index is 2.07. The molecule has 2 aromatic carbocycles. The molecule has 1 N–H and O–H groups in total. The molecule has 2 aromatic rings.